The Kier molecular flexibility index (Phi) is 6.28. The van der Waals surface area contributed by atoms with Crippen molar-refractivity contribution in [1.82, 2.24) is 4.57 Å². The van der Waals surface area contributed by atoms with Crippen LogP contribution in [0.3, 0.4) is 0 Å². The van der Waals surface area contributed by atoms with Crippen molar-refractivity contribution in [2.45, 2.75) is 30.5 Å². The van der Waals surface area contributed by atoms with Crippen LogP contribution in [-0.2, 0) is 33.4 Å². The third kappa shape index (κ3) is 4.94. The first-order valence-electron chi connectivity index (χ1n) is 10.2. The zero-order valence-electron chi connectivity index (χ0n) is 17.8. The van der Waals surface area contributed by atoms with Gasteiger partial charge in [0, 0.05) is 21.6 Å². The van der Waals surface area contributed by atoms with Gasteiger partial charge in [-0.25, -0.2) is 12.8 Å². The van der Waals surface area contributed by atoms with Crippen molar-refractivity contribution >= 4 is 38.3 Å². The van der Waals surface area contributed by atoms with Crippen LogP contribution in [0.4, 0.5) is 4.39 Å². The summed E-state index contributed by atoms with van der Waals surface area (Å²) in [5, 5.41) is 10.5. The number of rotatable bonds is 7. The number of carboxylic acids is 1. The molecule has 0 unspecified atom stereocenters. The Hall–Kier alpha value is -3.16. The van der Waals surface area contributed by atoms with E-state index in [1.54, 1.807) is 66.1 Å². The van der Waals surface area contributed by atoms with Gasteiger partial charge < -0.3 is 9.67 Å². The van der Waals surface area contributed by atoms with Crippen molar-refractivity contribution in [2.75, 3.05) is 0 Å². The Balaban J connectivity index is 1.63. The number of fused-ring (bicyclic) bond motifs is 1. The number of benzene rings is 3. The first-order valence-corrected chi connectivity index (χ1v) is 12.2. The van der Waals surface area contributed by atoms with Crippen molar-refractivity contribution in [3.05, 3.63) is 100.0 Å². The molecule has 1 heterocycles. The average Bonchev–Trinajstić information content (AvgIpc) is 3.00. The Morgan fingerprint density at radius 3 is 2.27 bits per heavy atom. The van der Waals surface area contributed by atoms with Crippen molar-refractivity contribution in [3.63, 3.8) is 0 Å². The lowest BCUT2D eigenvalue weighted by molar-refractivity contribution is -0.137. The predicted molar refractivity (Wildman–Crippen MR) is 126 cm³/mol. The lowest BCUT2D eigenvalue weighted by atomic mass is 10.0. The van der Waals surface area contributed by atoms with Crippen LogP contribution in [0, 0.1) is 12.7 Å². The largest absolute Gasteiger partial charge is 0.480 e. The topological polar surface area (TPSA) is 76.4 Å². The van der Waals surface area contributed by atoms with Crippen LogP contribution >= 0.6 is 11.6 Å². The molecule has 4 rings (SSSR count). The monoisotopic (exact) mass is 485 g/mol. The molecule has 0 bridgehead atoms. The predicted octanol–water partition coefficient (Wildman–Crippen LogP) is 5.39. The lowest BCUT2D eigenvalue weighted by Gasteiger charge is -2.08. The van der Waals surface area contributed by atoms with Crippen molar-refractivity contribution in [1.29, 1.82) is 0 Å². The molecule has 1 aromatic heterocycles. The number of carboxylic acid groups (broad SMARTS) is 1. The molecular weight excluding hydrogens is 465 g/mol. The molecule has 0 fully saturated rings. The quantitative estimate of drug-likeness (QED) is 0.380. The van der Waals surface area contributed by atoms with Gasteiger partial charge in [0.05, 0.1) is 10.6 Å². The molecule has 0 saturated heterocycles. The highest BCUT2D eigenvalue weighted by molar-refractivity contribution is 7.90. The minimum atomic E-state index is -3.54. The average molecular weight is 486 g/mol. The van der Waals surface area contributed by atoms with E-state index in [-0.39, 0.29) is 17.2 Å². The van der Waals surface area contributed by atoms with Gasteiger partial charge in [0.1, 0.15) is 12.4 Å². The second-order valence-corrected chi connectivity index (χ2v) is 10.3. The van der Waals surface area contributed by atoms with E-state index in [1.165, 1.54) is 12.1 Å². The van der Waals surface area contributed by atoms with Crippen LogP contribution in [0.2, 0.25) is 5.02 Å². The molecule has 0 amide bonds. The first kappa shape index (κ1) is 23.0. The maximum Gasteiger partial charge on any atom is 0.323 e. The minimum absolute atomic E-state index is 0.134. The minimum Gasteiger partial charge on any atom is -0.480 e. The normalized spacial score (nSPS) is 11.7. The summed E-state index contributed by atoms with van der Waals surface area (Å²) in [6, 6.07) is 17.6. The molecule has 170 valence electrons. The summed E-state index contributed by atoms with van der Waals surface area (Å²) in [4.78, 5) is 11.5. The molecule has 5 nitrogen and oxygen atoms in total. The molecule has 0 radical (unpaired) electrons. The van der Waals surface area contributed by atoms with E-state index in [9.17, 15) is 22.7 Å². The number of aromatic nitrogens is 1. The van der Waals surface area contributed by atoms with Gasteiger partial charge in [0.15, 0.2) is 9.84 Å². The van der Waals surface area contributed by atoms with Crippen molar-refractivity contribution < 1.29 is 22.7 Å². The van der Waals surface area contributed by atoms with Gasteiger partial charge in [-0.05, 0) is 72.5 Å². The fourth-order valence-electron chi connectivity index (χ4n) is 3.99. The second-order valence-electron chi connectivity index (χ2n) is 7.91. The number of aliphatic carboxylic acids is 1. The molecule has 0 atom stereocenters. The van der Waals surface area contributed by atoms with E-state index in [0.29, 0.717) is 27.9 Å². The number of nitrogens with zero attached hydrogens (tertiary/aromatic N) is 1. The highest BCUT2D eigenvalue weighted by Gasteiger charge is 2.18. The molecule has 0 aliphatic heterocycles. The Bertz CT molecular complexity index is 1440. The van der Waals surface area contributed by atoms with E-state index in [0.717, 1.165) is 16.8 Å². The van der Waals surface area contributed by atoms with E-state index in [4.69, 9.17) is 11.6 Å². The fraction of sp³-hybridized carbons (Fsp3) is 0.160. The van der Waals surface area contributed by atoms with E-state index < -0.39 is 21.6 Å². The van der Waals surface area contributed by atoms with Crippen molar-refractivity contribution in [2.24, 2.45) is 0 Å². The molecule has 0 aliphatic carbocycles. The zero-order chi connectivity index (χ0) is 23.8. The second kappa shape index (κ2) is 9.00. The fourth-order valence-corrected chi connectivity index (χ4v) is 5.46. The van der Waals surface area contributed by atoms with Gasteiger partial charge >= 0.3 is 5.97 Å². The van der Waals surface area contributed by atoms with E-state index in [2.05, 4.69) is 0 Å². The van der Waals surface area contributed by atoms with Crippen molar-refractivity contribution in [3.8, 4) is 0 Å². The number of halogens is 2. The molecule has 4 aromatic rings. The summed E-state index contributed by atoms with van der Waals surface area (Å²) in [6.07, 6.45) is 0.413. The highest BCUT2D eigenvalue weighted by atomic mass is 35.5. The molecule has 3 aromatic carbocycles. The standard InChI is InChI=1S/C25H21ClFNO4S/c1-16-22(23-13-20(27)8-11-24(23)28(16)14-25(29)30)12-17-4-9-21(10-5-17)33(31,32)15-18-2-6-19(26)7-3-18/h2-11,13H,12,14-15H2,1H3,(H,29,30). The Morgan fingerprint density at radius 1 is 1.00 bits per heavy atom. The third-order valence-corrected chi connectivity index (χ3v) is 7.60. The summed E-state index contributed by atoms with van der Waals surface area (Å²) < 4.78 is 41.2. The summed E-state index contributed by atoms with van der Waals surface area (Å²) >= 11 is 5.87. The van der Waals surface area contributed by atoms with Crippen LogP contribution in [-0.4, -0.2) is 24.1 Å². The smallest absolute Gasteiger partial charge is 0.323 e. The molecule has 0 aliphatic rings. The van der Waals surface area contributed by atoms with E-state index in [1.807, 2.05) is 0 Å². The number of sulfone groups is 1. The van der Waals surface area contributed by atoms with Crippen LogP contribution in [0.1, 0.15) is 22.4 Å². The van der Waals surface area contributed by atoms with Gasteiger partial charge in [-0.2, -0.15) is 0 Å². The summed E-state index contributed by atoms with van der Waals surface area (Å²) in [6.45, 7) is 1.58. The summed E-state index contributed by atoms with van der Waals surface area (Å²) in [7, 11) is -3.54. The maximum absolute atomic E-state index is 13.9. The first-order chi connectivity index (χ1) is 15.6. The molecule has 1 N–H and O–H groups in total. The molecule has 33 heavy (non-hydrogen) atoms. The van der Waals surface area contributed by atoms with Gasteiger partial charge in [-0.3, -0.25) is 4.79 Å². The van der Waals surface area contributed by atoms with Gasteiger partial charge in [0.2, 0.25) is 0 Å². The number of hydrogen-bond acceptors (Lipinski definition) is 3. The van der Waals surface area contributed by atoms with Crippen LogP contribution < -0.4 is 0 Å². The Labute approximate surface area is 196 Å². The summed E-state index contributed by atoms with van der Waals surface area (Å²) in [5.41, 5.74) is 3.67. The zero-order valence-corrected chi connectivity index (χ0v) is 19.3. The lowest BCUT2D eigenvalue weighted by Crippen LogP contribution is -2.10. The number of hydrogen-bond donors (Lipinski definition) is 1. The number of carbonyl (C=O) groups is 1. The Morgan fingerprint density at radius 2 is 1.64 bits per heavy atom. The molecule has 8 heteroatoms. The van der Waals surface area contributed by atoms with Crippen LogP contribution in [0.15, 0.2) is 71.6 Å². The molecule has 0 spiro atoms. The van der Waals surface area contributed by atoms with Crippen LogP contribution in [0.25, 0.3) is 10.9 Å². The highest BCUT2D eigenvalue weighted by Crippen LogP contribution is 2.29. The van der Waals surface area contributed by atoms with E-state index >= 15 is 0 Å². The summed E-state index contributed by atoms with van der Waals surface area (Å²) in [5.74, 6) is -1.52. The molecular formula is C25H21ClFNO4S. The maximum atomic E-state index is 13.9. The van der Waals surface area contributed by atoms with Gasteiger partial charge in [0.25, 0.3) is 0 Å². The molecule has 0 saturated carbocycles. The third-order valence-electron chi connectivity index (χ3n) is 5.64. The van der Waals surface area contributed by atoms with Gasteiger partial charge in [-0.15, -0.1) is 0 Å². The van der Waals surface area contributed by atoms with Gasteiger partial charge in [-0.1, -0.05) is 35.9 Å². The SMILES string of the molecule is Cc1c(Cc2ccc(S(=O)(=O)Cc3ccc(Cl)cc3)cc2)c2cc(F)ccc2n1CC(=O)O. The van der Waals surface area contributed by atoms with Crippen LogP contribution in [0.5, 0.6) is 0 Å².